The average molecular weight is 532 g/mol. The van der Waals surface area contributed by atoms with Crippen molar-refractivity contribution in [1.82, 2.24) is 9.47 Å². The second-order valence-electron chi connectivity index (χ2n) is 9.60. The fourth-order valence-electron chi connectivity index (χ4n) is 4.90. The predicted molar refractivity (Wildman–Crippen MR) is 157 cm³/mol. The van der Waals surface area contributed by atoms with Crippen molar-refractivity contribution in [1.29, 1.82) is 0 Å². The van der Waals surface area contributed by atoms with Gasteiger partial charge in [0.1, 0.15) is 6.54 Å². The summed E-state index contributed by atoms with van der Waals surface area (Å²) in [5.74, 6) is -0.883. The molecule has 0 unspecified atom stereocenters. The number of para-hydroxylation sites is 1. The highest BCUT2D eigenvalue weighted by Gasteiger charge is 2.36. The number of carbonyl (C=O) groups excluding carboxylic acids is 3. The molecule has 0 bridgehead atoms. The Bertz CT molecular complexity index is 1800. The van der Waals surface area contributed by atoms with Crippen molar-refractivity contribution >= 4 is 62.3 Å². The Morgan fingerprint density at radius 2 is 1.69 bits per heavy atom. The maximum Gasteiger partial charge on any atom is 0.294 e. The molecular formula is C32H25N3O3S. The van der Waals surface area contributed by atoms with E-state index in [2.05, 4.69) is 46.3 Å². The molecular weight excluding hydrogens is 506 g/mol. The van der Waals surface area contributed by atoms with E-state index in [0.29, 0.717) is 17.1 Å². The Morgan fingerprint density at radius 1 is 0.897 bits per heavy atom. The quantitative estimate of drug-likeness (QED) is 0.244. The van der Waals surface area contributed by atoms with Gasteiger partial charge in [-0.15, -0.1) is 0 Å². The number of amides is 3. The molecule has 4 aromatic carbocycles. The van der Waals surface area contributed by atoms with Crippen LogP contribution in [0.4, 0.5) is 10.5 Å². The van der Waals surface area contributed by atoms with Gasteiger partial charge in [0.2, 0.25) is 5.91 Å². The molecule has 1 aliphatic heterocycles. The van der Waals surface area contributed by atoms with Crippen molar-refractivity contribution in [2.24, 2.45) is 0 Å². The number of benzene rings is 4. The van der Waals surface area contributed by atoms with Gasteiger partial charge in [-0.05, 0) is 70.9 Å². The van der Waals surface area contributed by atoms with Crippen LogP contribution in [0.2, 0.25) is 0 Å². The number of aryl methyl sites for hydroxylation is 1. The number of carbonyl (C=O) groups is 3. The van der Waals surface area contributed by atoms with Crippen LogP contribution < -0.4 is 5.32 Å². The summed E-state index contributed by atoms with van der Waals surface area (Å²) in [5.41, 5.74) is 4.68. The van der Waals surface area contributed by atoms with E-state index in [1.54, 1.807) is 12.1 Å². The van der Waals surface area contributed by atoms with Crippen molar-refractivity contribution in [3.63, 3.8) is 0 Å². The SMILES string of the molecule is Cc1cccc(NC(=O)CN2C(=O)S/C(=C/c3cn(Cc4ccc5ccccc5c4)c4ccccc34)C2=O)c1. The summed E-state index contributed by atoms with van der Waals surface area (Å²) in [7, 11) is 0. The van der Waals surface area contributed by atoms with Crippen molar-refractivity contribution < 1.29 is 14.4 Å². The minimum Gasteiger partial charge on any atom is -0.342 e. The van der Waals surface area contributed by atoms with E-state index in [1.165, 1.54) is 16.3 Å². The number of thioether (sulfide) groups is 1. The number of hydrogen-bond donors (Lipinski definition) is 1. The van der Waals surface area contributed by atoms with E-state index in [9.17, 15) is 14.4 Å². The Balaban J connectivity index is 1.24. The fraction of sp³-hybridized carbons (Fsp3) is 0.0938. The summed E-state index contributed by atoms with van der Waals surface area (Å²) in [6.07, 6.45) is 3.76. The lowest BCUT2D eigenvalue weighted by Crippen LogP contribution is -2.36. The number of nitrogens with one attached hydrogen (secondary N) is 1. The average Bonchev–Trinajstić information content (AvgIpc) is 3.40. The Labute approximate surface area is 229 Å². The molecule has 1 aromatic heterocycles. The summed E-state index contributed by atoms with van der Waals surface area (Å²) in [5, 5.41) is 5.68. The van der Waals surface area contributed by atoms with Gasteiger partial charge in [0.05, 0.1) is 4.91 Å². The number of anilines is 1. The maximum atomic E-state index is 13.1. The second kappa shape index (κ2) is 10.3. The molecule has 2 heterocycles. The van der Waals surface area contributed by atoms with Gasteiger partial charge in [-0.1, -0.05) is 66.7 Å². The van der Waals surface area contributed by atoms with E-state index in [0.717, 1.165) is 38.7 Å². The van der Waals surface area contributed by atoms with Gasteiger partial charge in [0.15, 0.2) is 0 Å². The molecule has 1 N–H and O–H groups in total. The topological polar surface area (TPSA) is 71.4 Å². The fourth-order valence-corrected chi connectivity index (χ4v) is 5.73. The van der Waals surface area contributed by atoms with E-state index in [1.807, 2.05) is 61.7 Å². The van der Waals surface area contributed by atoms with Crippen LogP contribution >= 0.6 is 11.8 Å². The lowest BCUT2D eigenvalue weighted by molar-refractivity contribution is -0.127. The van der Waals surface area contributed by atoms with Gasteiger partial charge < -0.3 is 9.88 Å². The van der Waals surface area contributed by atoms with Crippen LogP contribution in [0.3, 0.4) is 0 Å². The molecule has 6 rings (SSSR count). The molecule has 0 radical (unpaired) electrons. The first-order valence-corrected chi connectivity index (χ1v) is 13.4. The molecule has 0 atom stereocenters. The Kier molecular flexibility index (Phi) is 6.50. The van der Waals surface area contributed by atoms with Crippen LogP contribution in [0.25, 0.3) is 27.8 Å². The number of rotatable bonds is 6. The Hall–Kier alpha value is -4.62. The first-order valence-electron chi connectivity index (χ1n) is 12.6. The predicted octanol–water partition coefficient (Wildman–Crippen LogP) is 6.83. The number of aromatic nitrogens is 1. The van der Waals surface area contributed by atoms with E-state index in [-0.39, 0.29) is 6.54 Å². The highest BCUT2D eigenvalue weighted by atomic mass is 32.2. The minimum absolute atomic E-state index is 0.303. The number of fused-ring (bicyclic) bond motifs is 2. The second-order valence-corrected chi connectivity index (χ2v) is 10.6. The van der Waals surface area contributed by atoms with Crippen LogP contribution in [0.15, 0.2) is 102 Å². The smallest absolute Gasteiger partial charge is 0.294 e. The molecule has 0 aliphatic carbocycles. The molecule has 6 nitrogen and oxygen atoms in total. The molecule has 0 saturated carbocycles. The zero-order valence-corrected chi connectivity index (χ0v) is 22.1. The van der Waals surface area contributed by atoms with Gasteiger partial charge in [-0.2, -0.15) is 0 Å². The van der Waals surface area contributed by atoms with E-state index < -0.39 is 17.1 Å². The van der Waals surface area contributed by atoms with Crippen molar-refractivity contribution in [3.05, 3.63) is 119 Å². The zero-order chi connectivity index (χ0) is 26.9. The third kappa shape index (κ3) is 5.09. The first-order chi connectivity index (χ1) is 18.9. The first kappa shape index (κ1) is 24.7. The molecule has 192 valence electrons. The lowest BCUT2D eigenvalue weighted by Gasteiger charge is -2.12. The van der Waals surface area contributed by atoms with Crippen LogP contribution in [-0.4, -0.2) is 33.1 Å². The molecule has 39 heavy (non-hydrogen) atoms. The summed E-state index contributed by atoms with van der Waals surface area (Å²) < 4.78 is 2.16. The van der Waals surface area contributed by atoms with Crippen molar-refractivity contribution in [3.8, 4) is 0 Å². The number of hydrogen-bond acceptors (Lipinski definition) is 4. The highest BCUT2D eigenvalue weighted by Crippen LogP contribution is 2.34. The zero-order valence-electron chi connectivity index (χ0n) is 21.3. The maximum absolute atomic E-state index is 13.1. The van der Waals surface area contributed by atoms with Crippen LogP contribution in [-0.2, 0) is 16.1 Å². The normalized spacial score (nSPS) is 14.6. The van der Waals surface area contributed by atoms with Gasteiger partial charge in [0.25, 0.3) is 11.1 Å². The lowest BCUT2D eigenvalue weighted by atomic mass is 10.1. The molecule has 3 amide bonds. The molecule has 1 fully saturated rings. The van der Waals surface area contributed by atoms with E-state index in [4.69, 9.17) is 0 Å². The monoisotopic (exact) mass is 531 g/mol. The molecule has 1 aliphatic rings. The van der Waals surface area contributed by atoms with Gasteiger partial charge in [-0.25, -0.2) is 0 Å². The van der Waals surface area contributed by atoms with Crippen LogP contribution in [0.5, 0.6) is 0 Å². The third-order valence-corrected chi connectivity index (χ3v) is 7.66. The van der Waals surface area contributed by atoms with Gasteiger partial charge in [0, 0.05) is 34.9 Å². The van der Waals surface area contributed by atoms with Gasteiger partial charge >= 0.3 is 0 Å². The summed E-state index contributed by atoms with van der Waals surface area (Å²) in [4.78, 5) is 39.7. The number of nitrogens with zero attached hydrogens (tertiary/aromatic N) is 2. The van der Waals surface area contributed by atoms with Gasteiger partial charge in [-0.3, -0.25) is 19.3 Å². The van der Waals surface area contributed by atoms with E-state index >= 15 is 0 Å². The Morgan fingerprint density at radius 3 is 2.54 bits per heavy atom. The minimum atomic E-state index is -0.462. The summed E-state index contributed by atoms with van der Waals surface area (Å²) in [6.45, 7) is 2.26. The van der Waals surface area contributed by atoms with Crippen molar-refractivity contribution in [2.45, 2.75) is 13.5 Å². The standard InChI is InChI=1S/C32H25N3O3S/c1-21-7-6-10-26(15-21)33-30(36)20-35-31(37)29(39-32(35)38)17-25-19-34(28-12-5-4-11-27(25)28)18-22-13-14-23-8-2-3-9-24(23)16-22/h2-17,19H,18,20H2,1H3,(H,33,36)/b29-17+. The summed E-state index contributed by atoms with van der Waals surface area (Å²) in [6, 6.07) is 30.1. The largest absolute Gasteiger partial charge is 0.342 e. The van der Waals surface area contributed by atoms with Crippen LogP contribution in [0.1, 0.15) is 16.7 Å². The number of imide groups is 1. The van der Waals surface area contributed by atoms with Crippen molar-refractivity contribution in [2.75, 3.05) is 11.9 Å². The molecule has 7 heteroatoms. The molecule has 5 aromatic rings. The molecule has 1 saturated heterocycles. The molecule has 0 spiro atoms. The highest BCUT2D eigenvalue weighted by molar-refractivity contribution is 8.18. The summed E-state index contributed by atoms with van der Waals surface area (Å²) >= 11 is 0.860. The third-order valence-electron chi connectivity index (χ3n) is 6.75. The van der Waals surface area contributed by atoms with Crippen LogP contribution in [0, 0.1) is 6.92 Å².